The molecule has 5 aromatic rings. The van der Waals surface area contributed by atoms with Crippen molar-refractivity contribution in [2.24, 2.45) is 0 Å². The molecule has 1 fully saturated rings. The molecular formula is C33H33F2N7O4. The molecule has 3 aromatic heterocycles. The van der Waals surface area contributed by atoms with Crippen molar-refractivity contribution in [2.75, 3.05) is 26.1 Å². The third kappa shape index (κ3) is 5.68. The quantitative estimate of drug-likeness (QED) is 0.222. The van der Waals surface area contributed by atoms with Gasteiger partial charge in [-0.15, -0.1) is 5.10 Å². The number of halogens is 2. The number of carbonyl (C=O) groups excluding carboxylic acids is 2. The Hall–Kier alpha value is -5.20. The normalized spacial score (nSPS) is 16.5. The minimum absolute atomic E-state index is 0.0541. The molecule has 2 aromatic carbocycles. The van der Waals surface area contributed by atoms with Crippen molar-refractivity contribution >= 4 is 34.2 Å². The third-order valence-electron chi connectivity index (χ3n) is 8.46. The first-order valence-electron chi connectivity index (χ1n) is 14.9. The van der Waals surface area contributed by atoms with Crippen molar-refractivity contribution < 1.29 is 27.8 Å². The number of carbonyl (C=O) groups is 2. The molecule has 0 spiro atoms. The Bertz CT molecular complexity index is 2000. The lowest BCUT2D eigenvalue weighted by Crippen LogP contribution is -2.45. The van der Waals surface area contributed by atoms with E-state index < -0.39 is 11.6 Å². The Morgan fingerprint density at radius 1 is 1.07 bits per heavy atom. The summed E-state index contributed by atoms with van der Waals surface area (Å²) in [5, 5.41) is 8.14. The van der Waals surface area contributed by atoms with Crippen molar-refractivity contribution in [3.05, 3.63) is 82.4 Å². The summed E-state index contributed by atoms with van der Waals surface area (Å²) in [6, 6.07) is 8.92. The lowest BCUT2D eigenvalue weighted by atomic mass is 9.92. The minimum Gasteiger partial charge on any atom is -0.497 e. The molecule has 11 nitrogen and oxygen atoms in total. The second kappa shape index (κ2) is 12.3. The highest BCUT2D eigenvalue weighted by molar-refractivity contribution is 5.97. The van der Waals surface area contributed by atoms with Gasteiger partial charge in [0.1, 0.15) is 28.5 Å². The van der Waals surface area contributed by atoms with Gasteiger partial charge in [0.15, 0.2) is 23.1 Å². The fourth-order valence-corrected chi connectivity index (χ4v) is 5.90. The van der Waals surface area contributed by atoms with Crippen LogP contribution in [0.1, 0.15) is 70.4 Å². The van der Waals surface area contributed by atoms with Crippen molar-refractivity contribution in [3.63, 3.8) is 0 Å². The first kappa shape index (κ1) is 30.8. The van der Waals surface area contributed by atoms with Gasteiger partial charge >= 0.3 is 0 Å². The van der Waals surface area contributed by atoms with Gasteiger partial charge in [0.05, 0.1) is 19.6 Å². The number of aryl methyl sites for hydroxylation is 1. The molecule has 6 rings (SSSR count). The summed E-state index contributed by atoms with van der Waals surface area (Å²) in [6.45, 7) is 5.77. The second-order valence-corrected chi connectivity index (χ2v) is 11.5. The van der Waals surface area contributed by atoms with Crippen molar-refractivity contribution in [1.82, 2.24) is 29.5 Å². The molecule has 1 aliphatic rings. The number of pyridine rings is 1. The maximum atomic E-state index is 15.0. The molecule has 0 radical (unpaired) electrons. The van der Waals surface area contributed by atoms with Crippen LogP contribution >= 0.6 is 0 Å². The van der Waals surface area contributed by atoms with Gasteiger partial charge in [-0.2, -0.15) is 4.52 Å². The molecule has 0 aliphatic carbocycles. The number of anilines is 1. The van der Waals surface area contributed by atoms with Crippen LogP contribution in [0.3, 0.4) is 0 Å². The van der Waals surface area contributed by atoms with E-state index >= 15 is 4.39 Å². The molecule has 1 saturated heterocycles. The van der Waals surface area contributed by atoms with E-state index in [1.54, 1.807) is 44.2 Å². The number of ether oxygens (including phenoxy) is 2. The number of benzene rings is 2. The number of aromatic nitrogens is 5. The molecule has 0 saturated carbocycles. The predicted molar refractivity (Wildman–Crippen MR) is 167 cm³/mol. The number of likely N-dealkylation sites (tertiary alicyclic amines) is 1. The van der Waals surface area contributed by atoms with Crippen molar-refractivity contribution in [3.8, 4) is 11.5 Å². The van der Waals surface area contributed by atoms with E-state index in [0.29, 0.717) is 47.8 Å². The van der Waals surface area contributed by atoms with Gasteiger partial charge in [-0.3, -0.25) is 14.6 Å². The predicted octanol–water partition coefficient (Wildman–Crippen LogP) is 5.50. The van der Waals surface area contributed by atoms with Crippen LogP contribution in [-0.2, 0) is 6.54 Å². The number of Topliss-reactive ketones (excluding diaryl/α,β-unsaturated/α-hetero) is 1. The van der Waals surface area contributed by atoms with Crippen LogP contribution < -0.4 is 14.8 Å². The van der Waals surface area contributed by atoms with Gasteiger partial charge in [-0.05, 0) is 63.4 Å². The Kier molecular flexibility index (Phi) is 8.24. The van der Waals surface area contributed by atoms with Gasteiger partial charge in [-0.1, -0.05) is 0 Å². The zero-order valence-electron chi connectivity index (χ0n) is 26.1. The fraction of sp³-hybridized carbons (Fsp3) is 0.333. The van der Waals surface area contributed by atoms with E-state index in [9.17, 15) is 14.0 Å². The largest absolute Gasteiger partial charge is 0.497 e. The molecule has 1 amide bonds. The molecule has 2 atom stereocenters. The summed E-state index contributed by atoms with van der Waals surface area (Å²) < 4.78 is 41.7. The Morgan fingerprint density at radius 2 is 1.87 bits per heavy atom. The number of methoxy groups -OCH3 is 2. The van der Waals surface area contributed by atoms with E-state index in [-0.39, 0.29) is 58.4 Å². The lowest BCUT2D eigenvalue weighted by Gasteiger charge is -2.37. The van der Waals surface area contributed by atoms with Crippen molar-refractivity contribution in [2.45, 2.75) is 52.1 Å². The molecule has 1 N–H and O–H groups in total. The van der Waals surface area contributed by atoms with Crippen LogP contribution in [-0.4, -0.2) is 68.0 Å². The van der Waals surface area contributed by atoms with Crippen molar-refractivity contribution in [1.29, 1.82) is 0 Å². The van der Waals surface area contributed by atoms with Crippen LogP contribution in [0.15, 0.2) is 42.6 Å². The van der Waals surface area contributed by atoms with E-state index in [1.807, 2.05) is 13.0 Å². The summed E-state index contributed by atoms with van der Waals surface area (Å²) >= 11 is 0. The zero-order valence-corrected chi connectivity index (χ0v) is 26.1. The minimum atomic E-state index is -0.825. The third-order valence-corrected chi connectivity index (χ3v) is 8.46. The number of nitrogens with zero attached hydrogens (tertiary/aromatic N) is 6. The SMILES string of the molecule is COc1ccc(CNc2nc3c(F)cc(F)cc3c3nc([C@@H]4CC[C@H](C)N(C(=O)c5cc(C)c(C(C)=O)cn5)C4)nn23)c(OC)c1. The average molecular weight is 630 g/mol. The van der Waals surface area contributed by atoms with E-state index in [0.717, 1.165) is 11.6 Å². The molecule has 1 aliphatic heterocycles. The monoisotopic (exact) mass is 629 g/mol. The van der Waals surface area contributed by atoms with Crippen LogP contribution in [0, 0.1) is 18.6 Å². The average Bonchev–Trinajstić information content (AvgIpc) is 3.49. The Labute approximate surface area is 263 Å². The van der Waals surface area contributed by atoms with Gasteiger partial charge in [0.25, 0.3) is 5.91 Å². The van der Waals surface area contributed by atoms with Crippen LogP contribution in [0.2, 0.25) is 0 Å². The number of ketones is 1. The van der Waals surface area contributed by atoms with E-state index in [2.05, 4.69) is 15.3 Å². The summed E-state index contributed by atoms with van der Waals surface area (Å²) in [5.74, 6) is -0.392. The highest BCUT2D eigenvalue weighted by atomic mass is 19.1. The van der Waals surface area contributed by atoms with Crippen LogP contribution in [0.25, 0.3) is 16.6 Å². The molecule has 13 heteroatoms. The molecular weight excluding hydrogens is 596 g/mol. The summed E-state index contributed by atoms with van der Waals surface area (Å²) in [7, 11) is 3.12. The zero-order chi connectivity index (χ0) is 32.7. The highest BCUT2D eigenvalue weighted by Crippen LogP contribution is 2.32. The molecule has 46 heavy (non-hydrogen) atoms. The summed E-state index contributed by atoms with van der Waals surface area (Å²) in [4.78, 5) is 40.7. The second-order valence-electron chi connectivity index (χ2n) is 11.5. The van der Waals surface area contributed by atoms with Crippen LogP contribution in [0.4, 0.5) is 14.7 Å². The molecule has 238 valence electrons. The van der Waals surface area contributed by atoms with E-state index in [1.165, 1.54) is 23.7 Å². The summed E-state index contributed by atoms with van der Waals surface area (Å²) in [5.41, 5.74) is 2.37. The number of hydrogen-bond acceptors (Lipinski definition) is 9. The molecule has 0 unspecified atom stereocenters. The Morgan fingerprint density at radius 3 is 2.59 bits per heavy atom. The first-order chi connectivity index (χ1) is 22.1. The molecule has 0 bridgehead atoms. The Balaban J connectivity index is 1.35. The number of fused-ring (bicyclic) bond motifs is 3. The first-order valence-corrected chi connectivity index (χ1v) is 14.9. The smallest absolute Gasteiger partial charge is 0.272 e. The standard InChI is InChI=1S/C33H33F2N7O4/c1-17-10-27(36-15-25(17)19(3)43)32(44)41-16-21(7-6-18(41)2)30-39-31-24-11-22(34)12-26(35)29(24)38-33(42(31)40-30)37-14-20-8-9-23(45-4)13-28(20)46-5/h8-13,15,18,21H,6-7,14,16H2,1-5H3,(H,37,38)/t18-,21+/m0/s1. The van der Waals surface area contributed by atoms with Gasteiger partial charge in [-0.25, -0.2) is 18.7 Å². The maximum Gasteiger partial charge on any atom is 0.272 e. The number of amides is 1. The maximum absolute atomic E-state index is 15.0. The lowest BCUT2D eigenvalue weighted by molar-refractivity contribution is 0.0599. The topological polar surface area (TPSA) is 124 Å². The van der Waals surface area contributed by atoms with E-state index in [4.69, 9.17) is 19.6 Å². The molecule has 4 heterocycles. The number of hydrogen-bond donors (Lipinski definition) is 1. The number of nitrogens with one attached hydrogen (secondary N) is 1. The highest BCUT2D eigenvalue weighted by Gasteiger charge is 2.33. The summed E-state index contributed by atoms with van der Waals surface area (Å²) in [6.07, 6.45) is 2.81. The van der Waals surface area contributed by atoms with Gasteiger partial charge in [0.2, 0.25) is 5.95 Å². The fourth-order valence-electron chi connectivity index (χ4n) is 5.90. The van der Waals surface area contributed by atoms with Crippen LogP contribution in [0.5, 0.6) is 11.5 Å². The number of piperidine rings is 1. The van der Waals surface area contributed by atoms with Gasteiger partial charge in [0, 0.05) is 54.5 Å². The van der Waals surface area contributed by atoms with Gasteiger partial charge < -0.3 is 19.7 Å². The number of rotatable bonds is 8.